The van der Waals surface area contributed by atoms with E-state index in [1.54, 1.807) is 0 Å². The summed E-state index contributed by atoms with van der Waals surface area (Å²) in [6, 6.07) is 0. The zero-order chi connectivity index (χ0) is 62.6. The van der Waals surface area contributed by atoms with Crippen LogP contribution in [0.5, 0.6) is 0 Å². The zero-order valence-corrected chi connectivity index (χ0v) is 55.7. The van der Waals surface area contributed by atoms with E-state index >= 15 is 0 Å². The number of hydrogen-bond acceptors (Lipinski definition) is 3. The van der Waals surface area contributed by atoms with Gasteiger partial charge in [0.05, 0.1) is 17.8 Å². The van der Waals surface area contributed by atoms with Gasteiger partial charge in [0.15, 0.2) is 0 Å². The molecule has 0 spiro atoms. The summed E-state index contributed by atoms with van der Waals surface area (Å²) < 4.78 is 0. The van der Waals surface area contributed by atoms with Gasteiger partial charge in [-0.3, -0.25) is 0 Å². The van der Waals surface area contributed by atoms with Gasteiger partial charge in [0.2, 0.25) is 0 Å². The second kappa shape index (κ2) is 40.2. The van der Waals surface area contributed by atoms with Crippen molar-refractivity contribution in [3.8, 4) is 0 Å². The molecule has 0 aromatic heterocycles. The third-order valence-electron chi connectivity index (χ3n) is 14.5. The first-order valence-corrected chi connectivity index (χ1v) is 30.5. The van der Waals surface area contributed by atoms with Gasteiger partial charge in [-0.15, -0.1) is 0 Å². The minimum atomic E-state index is -0.575. The molecule has 0 aromatic carbocycles. The molecule has 0 aromatic rings. The number of aliphatic hydroxyl groups is 3. The SMILES string of the molecule is CC(C)=CCC/C(C)=C/C=C/C(C)=C/C=C/C(C)=C/C=C/C=C(C)/C=C/C=C(C)/C=C/C=C(\C)CCCC(C)(C)O.CC1=C[C@H](O)CC(C)(C)[C@H]1/C=C/C(C)=C/C=C/C(C)=C/C=C/C=C(C)/C=C/C=C(C)/C=C/C1=C(C)C[C@@H](O)CC1(C)C. The highest BCUT2D eigenvalue weighted by atomic mass is 16.3. The monoisotopic (exact) mass is 1120 g/mol. The van der Waals surface area contributed by atoms with E-state index in [9.17, 15) is 15.3 Å². The molecular formula is C80H114O3. The summed E-state index contributed by atoms with van der Waals surface area (Å²) in [7, 11) is 0. The molecule has 83 heavy (non-hydrogen) atoms. The lowest BCUT2D eigenvalue weighted by Crippen LogP contribution is -2.32. The van der Waals surface area contributed by atoms with E-state index in [0.29, 0.717) is 5.92 Å². The van der Waals surface area contributed by atoms with Crippen LogP contribution in [0.25, 0.3) is 0 Å². The molecule has 2 aliphatic rings. The van der Waals surface area contributed by atoms with Crippen LogP contribution in [0.15, 0.2) is 272 Å². The van der Waals surface area contributed by atoms with E-state index in [4.69, 9.17) is 0 Å². The normalized spacial score (nSPS) is 21.1. The topological polar surface area (TPSA) is 60.7 Å². The smallest absolute Gasteiger partial charge is 0.0729 e. The third-order valence-corrected chi connectivity index (χ3v) is 14.5. The Kier molecular flexibility index (Phi) is 36.3. The van der Waals surface area contributed by atoms with Crippen LogP contribution in [0, 0.1) is 16.7 Å². The average Bonchev–Trinajstić information content (AvgIpc) is 3.39. The molecular weight excluding hydrogens is 1010 g/mol. The maximum atomic E-state index is 10.1. The van der Waals surface area contributed by atoms with E-state index < -0.39 is 5.60 Å². The summed E-state index contributed by atoms with van der Waals surface area (Å²) in [5.74, 6) is 0.348. The van der Waals surface area contributed by atoms with Crippen molar-refractivity contribution in [1.82, 2.24) is 0 Å². The molecule has 3 N–H and O–H groups in total. The molecule has 3 atom stereocenters. The van der Waals surface area contributed by atoms with Crippen LogP contribution in [0.4, 0.5) is 0 Å². The van der Waals surface area contributed by atoms with Crippen LogP contribution in [0.1, 0.15) is 190 Å². The number of hydrogen-bond donors (Lipinski definition) is 3. The Balaban J connectivity index is 0.000000830. The van der Waals surface area contributed by atoms with E-state index in [2.05, 4.69) is 313 Å². The van der Waals surface area contributed by atoms with Crippen molar-refractivity contribution in [2.75, 3.05) is 0 Å². The molecule has 0 heterocycles. The van der Waals surface area contributed by atoms with Crippen LogP contribution < -0.4 is 0 Å². The van der Waals surface area contributed by atoms with Gasteiger partial charge in [-0.25, -0.2) is 0 Å². The Morgan fingerprint density at radius 2 is 0.880 bits per heavy atom. The second-order valence-electron chi connectivity index (χ2n) is 25.7. The lowest BCUT2D eigenvalue weighted by atomic mass is 9.67. The quantitative estimate of drug-likeness (QED) is 0.0567. The number of aliphatic hydroxyl groups excluding tert-OH is 2. The molecule has 452 valence electrons. The Hall–Kier alpha value is -6.10. The summed E-state index contributed by atoms with van der Waals surface area (Å²) >= 11 is 0. The third kappa shape index (κ3) is 37.7. The summed E-state index contributed by atoms with van der Waals surface area (Å²) in [5, 5.41) is 30.0. The molecule has 3 heteroatoms. The maximum absolute atomic E-state index is 10.1. The highest BCUT2D eigenvalue weighted by Gasteiger charge is 2.34. The van der Waals surface area contributed by atoms with Crippen molar-refractivity contribution in [2.45, 2.75) is 208 Å². The van der Waals surface area contributed by atoms with Crippen molar-refractivity contribution >= 4 is 0 Å². The summed E-state index contributed by atoms with van der Waals surface area (Å²) in [6.07, 6.45) is 75.2. The minimum Gasteiger partial charge on any atom is -0.393 e. The Labute approximate surface area is 509 Å². The van der Waals surface area contributed by atoms with E-state index in [1.807, 2.05) is 19.9 Å². The van der Waals surface area contributed by atoms with Crippen molar-refractivity contribution in [3.63, 3.8) is 0 Å². The lowest BCUT2D eigenvalue weighted by Gasteiger charge is -2.38. The van der Waals surface area contributed by atoms with Crippen LogP contribution in [0.2, 0.25) is 0 Å². The fraction of sp³-hybridized carbons (Fsp3) is 0.425. The molecule has 0 saturated heterocycles. The number of allylic oxidation sites excluding steroid dienone is 44. The van der Waals surface area contributed by atoms with Crippen molar-refractivity contribution in [3.05, 3.63) is 272 Å². The first-order valence-electron chi connectivity index (χ1n) is 30.5. The minimum absolute atomic E-state index is 0.00528. The van der Waals surface area contributed by atoms with Gasteiger partial charge in [0, 0.05) is 5.92 Å². The van der Waals surface area contributed by atoms with E-state index in [-0.39, 0.29) is 23.0 Å². The van der Waals surface area contributed by atoms with Gasteiger partial charge in [-0.2, -0.15) is 0 Å². The average molecular weight is 1120 g/mol. The van der Waals surface area contributed by atoms with E-state index in [0.717, 1.165) is 51.4 Å². The van der Waals surface area contributed by atoms with Crippen molar-refractivity contribution < 1.29 is 15.3 Å². The first-order chi connectivity index (χ1) is 38.9. The molecule has 0 bridgehead atoms. The molecule has 0 aliphatic heterocycles. The molecule has 3 nitrogen and oxygen atoms in total. The van der Waals surface area contributed by atoms with Crippen molar-refractivity contribution in [1.29, 1.82) is 0 Å². The van der Waals surface area contributed by atoms with Gasteiger partial charge >= 0.3 is 0 Å². The zero-order valence-electron chi connectivity index (χ0n) is 55.7. The lowest BCUT2D eigenvalue weighted by molar-refractivity contribution is 0.0689. The van der Waals surface area contributed by atoms with Gasteiger partial charge in [0.25, 0.3) is 0 Å². The first kappa shape index (κ1) is 74.9. The molecule has 2 rings (SSSR count). The summed E-state index contributed by atoms with van der Waals surface area (Å²) in [6.45, 7) is 42.5. The summed E-state index contributed by atoms with van der Waals surface area (Å²) in [5.41, 5.74) is 17.1. The molecule has 0 amide bonds. The molecule has 0 fully saturated rings. The van der Waals surface area contributed by atoms with Gasteiger partial charge in [-0.05, 0) is 179 Å². The number of rotatable bonds is 27. The van der Waals surface area contributed by atoms with Crippen LogP contribution in [-0.4, -0.2) is 33.1 Å². The van der Waals surface area contributed by atoms with E-state index in [1.165, 1.54) is 78.0 Å². The molecule has 0 radical (unpaired) electrons. The largest absolute Gasteiger partial charge is 0.393 e. The van der Waals surface area contributed by atoms with Crippen LogP contribution in [-0.2, 0) is 0 Å². The Morgan fingerprint density at radius 3 is 1.27 bits per heavy atom. The second-order valence-corrected chi connectivity index (χ2v) is 25.7. The Bertz CT molecular complexity index is 2790. The van der Waals surface area contributed by atoms with Crippen LogP contribution >= 0.6 is 0 Å². The fourth-order valence-corrected chi connectivity index (χ4v) is 9.77. The standard InChI is InChI=1S/C40H56O2.C40H58O/c1-29(17-13-19-31(3)21-23-37-33(5)25-35(41)27-39(37,7)8)15-11-12-16-30(2)18-14-20-32(4)22-24-38-34(6)26-36(42)28-40(38,9)10;1-33(2)19-13-22-36(5)25-16-28-37(6)26-14-23-34(3)20-11-12-21-35(4)24-15-27-38(7)29-17-30-39(8)31-18-32-40(9,10)41/h11-25,35-37,41-42H,26-28H2,1-10H3;11-12,14-17,19-21,23-30,41H,13,18,22,31-32H2,1-10H3/b12-11+,17-13+,18-14+,23-21+,24-22+,29-15+,30-16+,31-19+,32-20+;12-11+,23-14+,24-15+,28-16+,29-17+,34-20+,35-21+,36-25+,37-26+,38-27+,39-30+/t35-,36+,37-;/m0./s1. The molecule has 0 unspecified atom stereocenters. The predicted octanol–water partition coefficient (Wildman–Crippen LogP) is 22.5. The Morgan fingerprint density at radius 1 is 0.506 bits per heavy atom. The highest BCUT2D eigenvalue weighted by molar-refractivity contribution is 5.39. The van der Waals surface area contributed by atoms with Gasteiger partial charge < -0.3 is 15.3 Å². The van der Waals surface area contributed by atoms with Crippen LogP contribution in [0.3, 0.4) is 0 Å². The molecule has 2 aliphatic carbocycles. The highest BCUT2D eigenvalue weighted by Crippen LogP contribution is 2.42. The fourth-order valence-electron chi connectivity index (χ4n) is 9.77. The van der Waals surface area contributed by atoms with Crippen molar-refractivity contribution in [2.24, 2.45) is 16.7 Å². The molecule has 0 saturated carbocycles. The van der Waals surface area contributed by atoms with Gasteiger partial charge in [-0.1, -0.05) is 295 Å². The predicted molar refractivity (Wildman–Crippen MR) is 371 cm³/mol. The van der Waals surface area contributed by atoms with Gasteiger partial charge in [0.1, 0.15) is 0 Å². The maximum Gasteiger partial charge on any atom is 0.0729 e. The summed E-state index contributed by atoms with van der Waals surface area (Å²) in [4.78, 5) is 0.